The summed E-state index contributed by atoms with van der Waals surface area (Å²) in [4.78, 5) is 39.1. The minimum Gasteiger partial charge on any atom is -0.450 e. The molecule has 1 aromatic carbocycles. The highest BCUT2D eigenvalue weighted by Gasteiger charge is 2.30. The zero-order valence-electron chi connectivity index (χ0n) is 25.3. The van der Waals surface area contributed by atoms with E-state index >= 15 is 0 Å². The zero-order chi connectivity index (χ0) is 31.4. The fraction of sp³-hybridized carbons (Fsp3) is 0.484. The van der Waals surface area contributed by atoms with Crippen molar-refractivity contribution >= 4 is 34.9 Å². The van der Waals surface area contributed by atoms with Gasteiger partial charge in [-0.15, -0.1) is 0 Å². The first-order chi connectivity index (χ1) is 20.1. The van der Waals surface area contributed by atoms with E-state index < -0.39 is 6.16 Å². The lowest BCUT2D eigenvalue weighted by molar-refractivity contribution is -0.117. The minimum atomic E-state index is -1.43. The maximum absolute atomic E-state index is 14.5. The fourth-order valence-electron chi connectivity index (χ4n) is 5.07. The summed E-state index contributed by atoms with van der Waals surface area (Å²) in [6.45, 7) is 9.74. The summed E-state index contributed by atoms with van der Waals surface area (Å²) in [7, 11) is 1.95. The summed E-state index contributed by atoms with van der Waals surface area (Å²) in [6.07, 6.45) is 5.76. The molecule has 2 heterocycles. The number of nitrogens with zero attached hydrogens (tertiary/aromatic N) is 2. The van der Waals surface area contributed by atoms with Crippen molar-refractivity contribution in [3.63, 3.8) is 0 Å². The van der Waals surface area contributed by atoms with Gasteiger partial charge in [-0.05, 0) is 87.4 Å². The number of unbranched alkanes of at least 4 members (excludes halogenated alkanes) is 1. The number of fused-ring (bicyclic) bond motifs is 2. The second kappa shape index (κ2) is 16.6. The smallest absolute Gasteiger partial charge is 0.450 e. The van der Waals surface area contributed by atoms with Crippen LogP contribution in [0.3, 0.4) is 0 Å². The summed E-state index contributed by atoms with van der Waals surface area (Å²) in [5.41, 5.74) is 17.4. The number of aromatic nitrogens is 1. The lowest BCUT2D eigenvalue weighted by Gasteiger charge is -2.21. The van der Waals surface area contributed by atoms with Crippen LogP contribution in [0.15, 0.2) is 23.3 Å². The molecule has 2 aliphatic rings. The molecule has 230 valence electrons. The van der Waals surface area contributed by atoms with Crippen LogP contribution in [-0.4, -0.2) is 66.6 Å². The molecule has 10 nitrogen and oxygen atoms in total. The molecule has 0 atom stereocenters. The average molecular weight is 586 g/mol. The first-order valence-electron chi connectivity index (χ1n) is 14.3. The molecule has 0 unspecified atom stereocenters. The molecule has 1 aromatic heterocycles. The summed E-state index contributed by atoms with van der Waals surface area (Å²) < 4.78 is 19.1. The van der Waals surface area contributed by atoms with Crippen molar-refractivity contribution in [2.75, 3.05) is 33.3 Å². The van der Waals surface area contributed by atoms with Crippen LogP contribution in [0, 0.1) is 12.7 Å². The number of aldehydes is 1. The van der Waals surface area contributed by atoms with Crippen LogP contribution in [0.2, 0.25) is 0 Å². The maximum Gasteiger partial charge on any atom is 0.506 e. The Kier molecular flexibility index (Phi) is 13.6. The molecule has 11 heteroatoms. The van der Waals surface area contributed by atoms with Crippen LogP contribution < -0.4 is 16.8 Å². The Labute approximate surface area is 247 Å². The first-order valence-corrected chi connectivity index (χ1v) is 14.3. The lowest BCUT2D eigenvalue weighted by atomic mass is 9.85. The molecule has 0 spiro atoms. The molecule has 42 heavy (non-hydrogen) atoms. The molecule has 1 amide bonds. The summed E-state index contributed by atoms with van der Waals surface area (Å²) in [5.74, 6) is -0.549. The van der Waals surface area contributed by atoms with Gasteiger partial charge >= 0.3 is 6.16 Å². The van der Waals surface area contributed by atoms with E-state index in [-0.39, 0.29) is 30.4 Å². The van der Waals surface area contributed by atoms with E-state index in [0.717, 1.165) is 66.6 Å². The second-order valence-electron chi connectivity index (χ2n) is 10.0. The highest BCUT2D eigenvalue weighted by molar-refractivity contribution is 5.92. The van der Waals surface area contributed by atoms with E-state index in [1.165, 1.54) is 11.6 Å². The van der Waals surface area contributed by atoms with Crippen molar-refractivity contribution in [1.82, 2.24) is 15.2 Å². The minimum absolute atomic E-state index is 0.236. The number of carboxylic acid groups (broad SMARTS) is 1. The number of carbonyl (C=O) groups excluding carboxylic acids is 2. The topological polar surface area (TPSA) is 161 Å². The predicted octanol–water partition coefficient (Wildman–Crippen LogP) is 3.99. The van der Waals surface area contributed by atoms with Gasteiger partial charge in [0, 0.05) is 36.2 Å². The first kappa shape index (κ1) is 34.4. The van der Waals surface area contributed by atoms with Crippen molar-refractivity contribution in [2.45, 2.75) is 66.3 Å². The maximum atomic E-state index is 14.5. The number of allylic oxidation sites excluding steroid dienone is 2. The van der Waals surface area contributed by atoms with Crippen molar-refractivity contribution in [3.8, 4) is 0 Å². The quantitative estimate of drug-likeness (QED) is 0.140. The zero-order valence-corrected chi connectivity index (χ0v) is 25.3. The lowest BCUT2D eigenvalue weighted by Crippen LogP contribution is -2.29. The Hall–Kier alpha value is -3.83. The normalized spacial score (nSPS) is 14.7. The van der Waals surface area contributed by atoms with Gasteiger partial charge in [-0.3, -0.25) is 9.59 Å². The molecule has 0 fully saturated rings. The van der Waals surface area contributed by atoms with Crippen LogP contribution in [0.4, 0.5) is 9.18 Å². The molecular formula is C31H44FN5O5. The Morgan fingerprint density at radius 1 is 1.21 bits per heavy atom. The molecule has 0 saturated carbocycles. The van der Waals surface area contributed by atoms with Crippen LogP contribution >= 0.6 is 0 Å². The van der Waals surface area contributed by atoms with E-state index in [2.05, 4.69) is 15.0 Å². The van der Waals surface area contributed by atoms with Gasteiger partial charge in [0.2, 0.25) is 5.91 Å². The van der Waals surface area contributed by atoms with Crippen molar-refractivity contribution in [1.29, 1.82) is 0 Å². The second-order valence-corrected chi connectivity index (χ2v) is 10.0. The highest BCUT2D eigenvalue weighted by Crippen LogP contribution is 2.41. The van der Waals surface area contributed by atoms with E-state index in [0.29, 0.717) is 36.0 Å². The number of carbonyl (C=O) groups is 3. The van der Waals surface area contributed by atoms with Crippen LogP contribution in [0.25, 0.3) is 16.6 Å². The van der Waals surface area contributed by atoms with Gasteiger partial charge in [0.1, 0.15) is 18.7 Å². The Morgan fingerprint density at radius 2 is 1.90 bits per heavy atom. The van der Waals surface area contributed by atoms with E-state index in [9.17, 15) is 18.8 Å². The van der Waals surface area contributed by atoms with Gasteiger partial charge in [0.15, 0.2) is 0 Å². The number of aryl methyl sites for hydroxylation is 2. The number of benzene rings is 1. The number of nitrogens with two attached hydrogens (primary N) is 2. The standard InChI is InChI=1S/C23H23FN2O4.C6H15N3O.C2H6/c1-12(14(10-27)11-30-23(28)29)7-20-22-17(9-26(20)3)16-6-4-5-15-13(2)18(24)8-19(25-22)21(15)16;7-3-1-2-4-9-5-6(8)10;1-2/h7-8,10H,4-6,9,11H2,1-3H3,(H,28,29);9H,1-5,7H2,(H2,8,10);1-2H3/b14-12+,20-7-;;. The van der Waals surface area contributed by atoms with Gasteiger partial charge < -0.3 is 31.5 Å². The Bertz CT molecular complexity index is 1360. The number of halogens is 1. The predicted molar refractivity (Wildman–Crippen MR) is 162 cm³/mol. The SMILES string of the molecule is CC.CC(/C=C1/c2nc3cc(F)c(C)c4c3c(c2CN1C)CCC4)=C(/C=O)COC(=O)O.NCCCCNCC(N)=O. The monoisotopic (exact) mass is 585 g/mol. The summed E-state index contributed by atoms with van der Waals surface area (Å²) >= 11 is 0. The fourth-order valence-corrected chi connectivity index (χ4v) is 5.07. The number of hydrogen-bond acceptors (Lipinski definition) is 8. The largest absolute Gasteiger partial charge is 0.506 e. The molecule has 0 radical (unpaired) electrons. The molecule has 6 N–H and O–H groups in total. The highest BCUT2D eigenvalue weighted by atomic mass is 19.1. The van der Waals surface area contributed by atoms with Crippen LogP contribution in [0.5, 0.6) is 0 Å². The molecular weight excluding hydrogens is 541 g/mol. The summed E-state index contributed by atoms with van der Waals surface area (Å²) in [5, 5.41) is 12.7. The Morgan fingerprint density at radius 3 is 2.52 bits per heavy atom. The number of pyridine rings is 1. The van der Waals surface area contributed by atoms with Crippen LogP contribution in [-0.2, 0) is 33.7 Å². The third-order valence-electron chi connectivity index (χ3n) is 7.18. The van der Waals surface area contributed by atoms with Gasteiger partial charge in [0.25, 0.3) is 0 Å². The number of ether oxygens (including phenoxy) is 1. The third kappa shape index (κ3) is 8.59. The Balaban J connectivity index is 0.000000438. The van der Waals surface area contributed by atoms with E-state index in [1.54, 1.807) is 6.92 Å². The van der Waals surface area contributed by atoms with Gasteiger partial charge in [-0.25, -0.2) is 14.2 Å². The van der Waals surface area contributed by atoms with E-state index in [4.69, 9.17) is 21.6 Å². The number of hydrogen-bond donors (Lipinski definition) is 4. The molecule has 1 aliphatic heterocycles. The van der Waals surface area contributed by atoms with Gasteiger partial charge in [0.05, 0.1) is 23.5 Å². The van der Waals surface area contributed by atoms with Crippen molar-refractivity contribution < 1.29 is 28.6 Å². The molecule has 4 rings (SSSR count). The van der Waals surface area contributed by atoms with Crippen LogP contribution in [0.1, 0.15) is 68.0 Å². The molecule has 0 saturated heterocycles. The third-order valence-corrected chi connectivity index (χ3v) is 7.18. The average Bonchev–Trinajstić information content (AvgIpc) is 3.27. The number of primary amides is 1. The molecule has 0 bridgehead atoms. The number of rotatable bonds is 10. The van der Waals surface area contributed by atoms with Crippen molar-refractivity contribution in [3.05, 3.63) is 57.1 Å². The number of amides is 1. The van der Waals surface area contributed by atoms with Gasteiger partial charge in [-0.1, -0.05) is 13.8 Å². The van der Waals surface area contributed by atoms with Gasteiger partial charge in [-0.2, -0.15) is 0 Å². The van der Waals surface area contributed by atoms with Crippen molar-refractivity contribution in [2.24, 2.45) is 11.5 Å². The van der Waals surface area contributed by atoms with E-state index in [1.807, 2.05) is 33.9 Å². The number of nitrogens with one attached hydrogen (secondary N) is 1. The summed E-state index contributed by atoms with van der Waals surface area (Å²) in [6, 6.07) is 1.51. The molecule has 2 aromatic rings. The molecule has 1 aliphatic carbocycles.